The molecule has 18 heteroatoms. The van der Waals surface area contributed by atoms with Crippen molar-refractivity contribution in [2.45, 2.75) is 91.8 Å². The van der Waals surface area contributed by atoms with Crippen LogP contribution in [0, 0.1) is 23.7 Å². The molecule has 4 amide bonds. The Bertz CT molecular complexity index is 2220. The first kappa shape index (κ1) is 43.4. The maximum absolute atomic E-state index is 13.9. The van der Waals surface area contributed by atoms with Crippen molar-refractivity contribution in [1.82, 2.24) is 40.4 Å². The zero-order chi connectivity index (χ0) is 44.3. The summed E-state index contributed by atoms with van der Waals surface area (Å²) >= 11 is 10.6. The molecular weight excluding hydrogens is 884 g/mol. The molecule has 2 fully saturated rings. The SMILES string of the molecule is COC(=O)N[C@H](C(=O)N1C[C@@H](C)C[C@H]1c1nc(-c2cc3c4c(c2)OCc2cc(-c5nc([C@@H]6C[C@H](C)CN6C(=O)[C@@H](NC(=O)OC)C(C)C)[nH]c5Br)cc(c2-4)OC3)c(Cl)[nH]1)C(C)C. The third-order valence-corrected chi connectivity index (χ3v) is 13.1. The van der Waals surface area contributed by atoms with Gasteiger partial charge in [-0.2, -0.15) is 0 Å². The van der Waals surface area contributed by atoms with Gasteiger partial charge in [-0.05, 0) is 76.7 Å². The summed E-state index contributed by atoms with van der Waals surface area (Å²) in [6.07, 6.45) is 0.0735. The number of likely N-dealkylation sites (tertiary alicyclic amines) is 2. The number of benzene rings is 2. The van der Waals surface area contributed by atoms with Crippen molar-refractivity contribution in [3.63, 3.8) is 0 Å². The van der Waals surface area contributed by atoms with E-state index in [4.69, 9.17) is 40.5 Å². The number of aromatic amines is 2. The highest BCUT2D eigenvalue weighted by atomic mass is 79.9. The van der Waals surface area contributed by atoms with Crippen LogP contribution < -0.4 is 20.1 Å². The highest BCUT2D eigenvalue weighted by molar-refractivity contribution is 9.10. The topological polar surface area (TPSA) is 193 Å². The number of nitrogens with zero attached hydrogens (tertiary/aromatic N) is 4. The molecule has 2 saturated heterocycles. The van der Waals surface area contributed by atoms with Crippen LogP contribution in [0.5, 0.6) is 11.5 Å². The Morgan fingerprint density at radius 2 is 1.18 bits per heavy atom. The second-order valence-electron chi connectivity index (χ2n) is 17.6. The fraction of sp³-hybridized carbons (Fsp3) is 0.500. The molecule has 4 aliphatic heterocycles. The second kappa shape index (κ2) is 17.1. The summed E-state index contributed by atoms with van der Waals surface area (Å²) in [4.78, 5) is 72.3. The summed E-state index contributed by atoms with van der Waals surface area (Å²) in [6, 6.07) is 5.81. The number of hydrogen-bond donors (Lipinski definition) is 4. The van der Waals surface area contributed by atoms with Gasteiger partial charge in [-0.25, -0.2) is 19.6 Å². The van der Waals surface area contributed by atoms with Crippen molar-refractivity contribution in [2.24, 2.45) is 23.7 Å². The highest BCUT2D eigenvalue weighted by Gasteiger charge is 2.42. The van der Waals surface area contributed by atoms with Crippen molar-refractivity contribution in [3.8, 4) is 45.1 Å². The lowest BCUT2D eigenvalue weighted by Gasteiger charge is -2.30. The van der Waals surface area contributed by atoms with E-state index < -0.39 is 24.3 Å². The summed E-state index contributed by atoms with van der Waals surface area (Å²) in [5, 5.41) is 5.76. The molecule has 0 unspecified atom stereocenters. The molecule has 0 aliphatic carbocycles. The zero-order valence-corrected chi connectivity index (χ0v) is 38.3. The quantitative estimate of drug-likeness (QED) is 0.121. The lowest BCUT2D eigenvalue weighted by Crippen LogP contribution is -2.51. The Kier molecular flexibility index (Phi) is 12.0. The van der Waals surface area contributed by atoms with E-state index in [2.05, 4.69) is 56.4 Å². The van der Waals surface area contributed by atoms with Crippen LogP contribution in [0.15, 0.2) is 28.9 Å². The number of carbonyl (C=O) groups is 4. The van der Waals surface area contributed by atoms with Gasteiger partial charge in [0.15, 0.2) is 0 Å². The fourth-order valence-corrected chi connectivity index (χ4v) is 10.0. The molecule has 16 nitrogen and oxygen atoms in total. The van der Waals surface area contributed by atoms with Gasteiger partial charge in [0.25, 0.3) is 0 Å². The van der Waals surface area contributed by atoms with Crippen LogP contribution in [0.1, 0.15) is 89.2 Å². The van der Waals surface area contributed by atoms with Gasteiger partial charge in [0.2, 0.25) is 11.8 Å². The number of aromatic nitrogens is 4. The molecule has 0 saturated carbocycles. The minimum atomic E-state index is -0.765. The number of imidazole rings is 2. The van der Waals surface area contributed by atoms with Crippen LogP contribution in [0.3, 0.4) is 0 Å². The number of ether oxygens (including phenoxy) is 4. The van der Waals surface area contributed by atoms with Gasteiger partial charge in [0.1, 0.15) is 69.6 Å². The largest absolute Gasteiger partial charge is 0.488 e. The Morgan fingerprint density at radius 1 is 0.742 bits per heavy atom. The highest BCUT2D eigenvalue weighted by Crippen LogP contribution is 2.52. The number of amides is 4. The molecular formula is C44H52BrClN8O8. The van der Waals surface area contributed by atoms with E-state index in [1.807, 2.05) is 45.9 Å². The minimum absolute atomic E-state index is 0.154. The van der Waals surface area contributed by atoms with Crippen molar-refractivity contribution in [2.75, 3.05) is 27.3 Å². The third kappa shape index (κ3) is 7.97. The van der Waals surface area contributed by atoms with Gasteiger partial charge in [-0.15, -0.1) is 0 Å². The minimum Gasteiger partial charge on any atom is -0.488 e. The Balaban J connectivity index is 1.06. The van der Waals surface area contributed by atoms with E-state index in [9.17, 15) is 19.2 Å². The predicted molar refractivity (Wildman–Crippen MR) is 233 cm³/mol. The normalized spacial score (nSPS) is 21.0. The molecule has 6 atom stereocenters. The Labute approximate surface area is 373 Å². The average molecular weight is 936 g/mol. The van der Waals surface area contributed by atoms with E-state index in [1.54, 1.807) is 9.80 Å². The van der Waals surface area contributed by atoms with Crippen molar-refractivity contribution >= 4 is 51.5 Å². The van der Waals surface area contributed by atoms with Crippen LogP contribution >= 0.6 is 27.5 Å². The first-order chi connectivity index (χ1) is 29.6. The molecule has 4 N–H and O–H groups in total. The van der Waals surface area contributed by atoms with Crippen molar-refractivity contribution in [3.05, 3.63) is 56.8 Å². The molecule has 6 heterocycles. The van der Waals surface area contributed by atoms with Crippen LogP contribution in [0.4, 0.5) is 9.59 Å². The molecule has 0 radical (unpaired) electrons. The number of H-pyrrole nitrogens is 2. The number of alkyl carbamates (subject to hydrolysis) is 2. The van der Waals surface area contributed by atoms with Crippen molar-refractivity contribution < 1.29 is 38.1 Å². The van der Waals surface area contributed by atoms with Crippen LogP contribution in [-0.4, -0.2) is 93.1 Å². The maximum atomic E-state index is 13.9. The number of halogens is 2. The third-order valence-electron chi connectivity index (χ3n) is 12.3. The molecule has 2 aromatic carbocycles. The number of rotatable bonds is 10. The summed E-state index contributed by atoms with van der Waals surface area (Å²) in [7, 11) is 2.56. The van der Waals surface area contributed by atoms with E-state index >= 15 is 0 Å². The monoisotopic (exact) mass is 934 g/mol. The number of hydrogen-bond acceptors (Lipinski definition) is 10. The van der Waals surface area contributed by atoms with Gasteiger partial charge < -0.3 is 49.3 Å². The summed E-state index contributed by atoms with van der Waals surface area (Å²) < 4.78 is 23.2. The van der Waals surface area contributed by atoms with E-state index in [0.717, 1.165) is 33.4 Å². The van der Waals surface area contributed by atoms with E-state index in [-0.39, 0.29) is 60.8 Å². The molecule has 4 aliphatic rings. The molecule has 0 spiro atoms. The molecule has 62 heavy (non-hydrogen) atoms. The van der Waals surface area contributed by atoms with Crippen molar-refractivity contribution in [1.29, 1.82) is 0 Å². The average Bonchev–Trinajstić information content (AvgIpc) is 4.04. The van der Waals surface area contributed by atoms with Gasteiger partial charge in [-0.1, -0.05) is 53.1 Å². The lowest BCUT2D eigenvalue weighted by molar-refractivity contribution is -0.136. The first-order valence-corrected chi connectivity index (χ1v) is 22.1. The summed E-state index contributed by atoms with van der Waals surface area (Å²) in [5.41, 5.74) is 6.55. The summed E-state index contributed by atoms with van der Waals surface area (Å²) in [6.45, 7) is 13.3. The molecule has 0 bridgehead atoms. The van der Waals surface area contributed by atoms with E-state index in [0.29, 0.717) is 70.2 Å². The van der Waals surface area contributed by atoms with Gasteiger partial charge in [0, 0.05) is 46.5 Å². The smallest absolute Gasteiger partial charge is 0.407 e. The lowest BCUT2D eigenvalue weighted by atomic mass is 9.87. The van der Waals surface area contributed by atoms with Crippen LogP contribution in [0.25, 0.3) is 33.6 Å². The predicted octanol–water partition coefficient (Wildman–Crippen LogP) is 7.91. The molecule has 2 aromatic heterocycles. The van der Waals surface area contributed by atoms with Crippen LogP contribution in [-0.2, 0) is 32.3 Å². The Morgan fingerprint density at radius 3 is 1.63 bits per heavy atom. The molecule has 330 valence electrons. The summed E-state index contributed by atoms with van der Waals surface area (Å²) in [5.74, 6) is 2.32. The van der Waals surface area contributed by atoms with Gasteiger partial charge in [0.05, 0.1) is 26.3 Å². The number of nitrogens with one attached hydrogen (secondary N) is 4. The molecule has 8 rings (SSSR count). The maximum Gasteiger partial charge on any atom is 0.407 e. The van der Waals surface area contributed by atoms with Gasteiger partial charge >= 0.3 is 12.2 Å². The standard InChI is InChI=1S/C44H52BrClN8O8/c1-19(2)33(49-43(57)59-7)41(55)53-15-21(5)9-27(53)39-47-35(37(45)51-39)23-11-25-17-62-30-14-24(12-26-18-61-29(13-23)31(25)32(26)30)36-38(46)52-40(48-36)28-10-22(6)16-54(28)42(56)34(20(3)4)50-44(58)60-8/h11-14,19-22,27-28,33-34H,9-10,15-18H2,1-8H3,(H,47,51)(H,48,52)(H,49,57)(H,50,58)/t21-,22-,27-,28-,33-,34-/m0/s1. The second-order valence-corrected chi connectivity index (χ2v) is 18.7. The van der Waals surface area contributed by atoms with E-state index in [1.165, 1.54) is 14.2 Å². The fourth-order valence-electron chi connectivity index (χ4n) is 9.24. The van der Waals surface area contributed by atoms with Crippen LogP contribution in [0.2, 0.25) is 5.15 Å². The zero-order valence-electron chi connectivity index (χ0n) is 36.0. The number of carbonyl (C=O) groups excluding carboxylic acids is 4. The number of methoxy groups -OCH3 is 2. The Hall–Kier alpha value is -5.29. The molecule has 4 aromatic rings. The first-order valence-electron chi connectivity index (χ1n) is 21.0. The van der Waals surface area contributed by atoms with Gasteiger partial charge in [-0.3, -0.25) is 9.59 Å².